The van der Waals surface area contributed by atoms with Gasteiger partial charge in [-0.3, -0.25) is 4.79 Å². The predicted octanol–water partition coefficient (Wildman–Crippen LogP) is 1.53. The molecule has 22 heavy (non-hydrogen) atoms. The van der Waals surface area contributed by atoms with Crippen molar-refractivity contribution in [2.24, 2.45) is 11.8 Å². The van der Waals surface area contributed by atoms with Crippen LogP contribution in [0.5, 0.6) is 0 Å². The van der Waals surface area contributed by atoms with Crippen molar-refractivity contribution in [1.82, 2.24) is 9.97 Å². The molecule has 0 aromatic carbocycles. The Hall–Kier alpha value is -1.20. The average Bonchev–Trinajstić information content (AvgIpc) is 2.96. The normalized spacial score (nSPS) is 28.2. The second-order valence-electron chi connectivity index (χ2n) is 7.33. The second-order valence-corrected chi connectivity index (χ2v) is 8.41. The van der Waals surface area contributed by atoms with Crippen molar-refractivity contribution in [2.75, 3.05) is 13.1 Å². The molecule has 5 heteroatoms. The maximum Gasteiger partial charge on any atom is 0.260 e. The number of thiophene rings is 1. The van der Waals surface area contributed by atoms with Crippen LogP contribution in [0.2, 0.25) is 0 Å². The summed E-state index contributed by atoms with van der Waals surface area (Å²) in [6.45, 7) is 7.89. The van der Waals surface area contributed by atoms with E-state index in [0.717, 1.165) is 47.3 Å². The number of aromatic amines is 1. The Morgan fingerprint density at radius 2 is 2.05 bits per heavy atom. The predicted molar refractivity (Wildman–Crippen MR) is 89.6 cm³/mol. The van der Waals surface area contributed by atoms with E-state index in [1.165, 1.54) is 36.4 Å². The van der Waals surface area contributed by atoms with Crippen molar-refractivity contribution in [2.45, 2.75) is 46.1 Å². The van der Waals surface area contributed by atoms with Gasteiger partial charge in [0.05, 0.1) is 18.5 Å². The van der Waals surface area contributed by atoms with E-state index in [9.17, 15) is 4.79 Å². The molecule has 1 aliphatic heterocycles. The van der Waals surface area contributed by atoms with E-state index in [4.69, 9.17) is 4.98 Å². The van der Waals surface area contributed by atoms with Crippen molar-refractivity contribution in [1.29, 1.82) is 0 Å². The van der Waals surface area contributed by atoms with E-state index in [-0.39, 0.29) is 5.56 Å². The smallest absolute Gasteiger partial charge is 0.260 e. The summed E-state index contributed by atoms with van der Waals surface area (Å²) in [5.41, 5.74) is 1.35. The number of rotatable bonds is 2. The van der Waals surface area contributed by atoms with Crippen molar-refractivity contribution in [3.8, 4) is 0 Å². The van der Waals surface area contributed by atoms with Crippen LogP contribution in [0.3, 0.4) is 0 Å². The molecule has 2 N–H and O–H groups in total. The van der Waals surface area contributed by atoms with E-state index in [1.807, 2.05) is 0 Å². The van der Waals surface area contributed by atoms with E-state index in [1.54, 1.807) is 16.2 Å². The van der Waals surface area contributed by atoms with Gasteiger partial charge in [-0.1, -0.05) is 13.8 Å². The maximum absolute atomic E-state index is 12.5. The number of aryl methyl sites for hydroxylation is 2. The first-order chi connectivity index (χ1) is 10.6. The Balaban J connectivity index is 1.64. The largest absolute Gasteiger partial charge is 0.328 e. The number of likely N-dealkylation sites (tertiary alicyclic amines) is 1. The van der Waals surface area contributed by atoms with Crippen LogP contribution >= 0.6 is 11.3 Å². The number of piperidine rings is 1. The summed E-state index contributed by atoms with van der Waals surface area (Å²) in [4.78, 5) is 24.2. The molecule has 0 saturated carbocycles. The average molecular weight is 318 g/mol. The fraction of sp³-hybridized carbons (Fsp3) is 0.647. The molecule has 4 rings (SSSR count). The van der Waals surface area contributed by atoms with Gasteiger partial charge in [-0.25, -0.2) is 4.98 Å². The first kappa shape index (κ1) is 14.4. The quantitative estimate of drug-likeness (QED) is 0.882. The van der Waals surface area contributed by atoms with Gasteiger partial charge in [-0.15, -0.1) is 11.3 Å². The van der Waals surface area contributed by atoms with Crippen LogP contribution in [-0.4, -0.2) is 23.1 Å². The standard InChI is InChI=1S/C17H23N3OS/c1-10-6-11(2)8-20(7-10)9-14-18-16(21)15-12-4-3-5-13(12)22-17(15)19-14/h10-11H,3-9H2,1-2H3,(H,18,19,21)/p+1/t10-,11-/m1/s1. The Labute approximate surface area is 134 Å². The summed E-state index contributed by atoms with van der Waals surface area (Å²) in [5.74, 6) is 2.40. The number of nitrogens with one attached hydrogen (secondary N) is 2. The van der Waals surface area contributed by atoms with Crippen molar-refractivity contribution < 1.29 is 4.90 Å². The van der Waals surface area contributed by atoms with Crippen LogP contribution in [0.15, 0.2) is 4.79 Å². The molecule has 1 fully saturated rings. The highest BCUT2D eigenvalue weighted by Crippen LogP contribution is 2.34. The zero-order valence-corrected chi connectivity index (χ0v) is 14.2. The van der Waals surface area contributed by atoms with Crippen LogP contribution in [-0.2, 0) is 19.4 Å². The topological polar surface area (TPSA) is 50.2 Å². The third-order valence-corrected chi connectivity index (χ3v) is 6.31. The molecular weight excluding hydrogens is 294 g/mol. The zero-order valence-electron chi connectivity index (χ0n) is 13.4. The fourth-order valence-corrected chi connectivity index (χ4v) is 5.72. The molecule has 4 nitrogen and oxygen atoms in total. The van der Waals surface area contributed by atoms with Crippen molar-refractivity contribution in [3.63, 3.8) is 0 Å². The summed E-state index contributed by atoms with van der Waals surface area (Å²) in [7, 11) is 0. The molecule has 2 aliphatic rings. The first-order valence-corrected chi connectivity index (χ1v) is 9.29. The molecule has 0 spiro atoms. The Kier molecular flexibility index (Phi) is 3.57. The van der Waals surface area contributed by atoms with Gasteiger partial charge in [0, 0.05) is 16.7 Å². The van der Waals surface area contributed by atoms with E-state index in [2.05, 4.69) is 18.8 Å². The fourth-order valence-electron chi connectivity index (χ4n) is 4.43. The molecule has 2 aromatic heterocycles. The molecule has 0 unspecified atom stereocenters. The Morgan fingerprint density at radius 3 is 2.82 bits per heavy atom. The minimum Gasteiger partial charge on any atom is -0.328 e. The number of hydrogen-bond donors (Lipinski definition) is 2. The minimum absolute atomic E-state index is 0.0805. The lowest BCUT2D eigenvalue weighted by atomic mass is 9.92. The monoisotopic (exact) mass is 318 g/mol. The molecule has 0 radical (unpaired) electrons. The summed E-state index contributed by atoms with van der Waals surface area (Å²) in [5, 5.41) is 0.872. The summed E-state index contributed by atoms with van der Waals surface area (Å²) < 4.78 is 0. The summed E-state index contributed by atoms with van der Waals surface area (Å²) >= 11 is 1.74. The molecule has 2 aromatic rings. The molecule has 1 aliphatic carbocycles. The van der Waals surface area contributed by atoms with Crippen LogP contribution in [0, 0.1) is 11.8 Å². The molecule has 1 saturated heterocycles. The van der Waals surface area contributed by atoms with Crippen LogP contribution in [0.4, 0.5) is 0 Å². The number of nitrogens with zero attached hydrogens (tertiary/aromatic N) is 1. The highest BCUT2D eigenvalue weighted by Gasteiger charge is 2.26. The SMILES string of the molecule is C[C@@H]1C[C@@H](C)C[NH+](Cc2nc3sc4c(c3c(=O)[nH]2)CCC4)C1. The number of fused-ring (bicyclic) bond motifs is 3. The van der Waals surface area contributed by atoms with Crippen LogP contribution in [0.1, 0.15) is 43.0 Å². The molecule has 118 valence electrons. The lowest BCUT2D eigenvalue weighted by Gasteiger charge is -2.31. The lowest BCUT2D eigenvalue weighted by Crippen LogP contribution is -3.13. The van der Waals surface area contributed by atoms with E-state index >= 15 is 0 Å². The number of aromatic nitrogens is 2. The lowest BCUT2D eigenvalue weighted by molar-refractivity contribution is -0.926. The molecule has 2 atom stereocenters. The van der Waals surface area contributed by atoms with E-state index < -0.39 is 0 Å². The molecule has 3 heterocycles. The van der Waals surface area contributed by atoms with Crippen molar-refractivity contribution in [3.05, 3.63) is 26.6 Å². The number of quaternary nitrogens is 1. The van der Waals surface area contributed by atoms with E-state index in [0.29, 0.717) is 0 Å². The van der Waals surface area contributed by atoms with Gasteiger partial charge in [0.15, 0.2) is 5.82 Å². The number of hydrogen-bond acceptors (Lipinski definition) is 3. The first-order valence-electron chi connectivity index (χ1n) is 8.47. The third kappa shape index (κ3) is 2.50. The van der Waals surface area contributed by atoms with Crippen LogP contribution < -0.4 is 10.5 Å². The molecule has 0 bridgehead atoms. The highest BCUT2D eigenvalue weighted by atomic mass is 32.1. The minimum atomic E-state index is 0.0805. The number of H-pyrrole nitrogens is 1. The van der Waals surface area contributed by atoms with Gasteiger partial charge in [-0.05, 0) is 31.2 Å². The maximum atomic E-state index is 12.5. The Bertz CT molecular complexity index is 753. The van der Waals surface area contributed by atoms with Crippen molar-refractivity contribution >= 4 is 21.6 Å². The van der Waals surface area contributed by atoms with Crippen LogP contribution in [0.25, 0.3) is 10.2 Å². The molecular formula is C17H24N3OS+. The third-order valence-electron chi connectivity index (χ3n) is 5.12. The van der Waals surface area contributed by atoms with Gasteiger partial charge in [0.25, 0.3) is 5.56 Å². The van der Waals surface area contributed by atoms with Gasteiger partial charge in [0.1, 0.15) is 11.4 Å². The van der Waals surface area contributed by atoms with Gasteiger partial charge >= 0.3 is 0 Å². The molecule has 0 amide bonds. The summed E-state index contributed by atoms with van der Waals surface area (Å²) in [6, 6.07) is 0. The highest BCUT2D eigenvalue weighted by molar-refractivity contribution is 7.18. The Morgan fingerprint density at radius 1 is 1.27 bits per heavy atom. The second kappa shape index (κ2) is 5.46. The van der Waals surface area contributed by atoms with Gasteiger partial charge < -0.3 is 9.88 Å². The van der Waals surface area contributed by atoms with Gasteiger partial charge in [0.2, 0.25) is 0 Å². The van der Waals surface area contributed by atoms with Gasteiger partial charge in [-0.2, -0.15) is 0 Å². The summed E-state index contributed by atoms with van der Waals surface area (Å²) in [6.07, 6.45) is 4.68. The zero-order chi connectivity index (χ0) is 15.3.